The van der Waals surface area contributed by atoms with E-state index in [4.69, 9.17) is 0 Å². The van der Waals surface area contributed by atoms with Crippen molar-refractivity contribution in [1.82, 2.24) is 24.4 Å². The van der Waals surface area contributed by atoms with Crippen LogP contribution >= 0.6 is 0 Å². The SMILES string of the molecule is O=C(NCCCn1cccn1)C1CN(S(=O)(=O)c2cccnc2)CC12CCCCC2. The average Bonchev–Trinajstić information content (AvgIpc) is 3.41. The van der Waals surface area contributed by atoms with E-state index < -0.39 is 10.0 Å². The molecule has 1 saturated heterocycles. The van der Waals surface area contributed by atoms with E-state index in [2.05, 4.69) is 15.4 Å². The Morgan fingerprint density at radius 2 is 2.03 bits per heavy atom. The summed E-state index contributed by atoms with van der Waals surface area (Å²) < 4.78 is 29.7. The first-order chi connectivity index (χ1) is 14.5. The Labute approximate surface area is 177 Å². The third kappa shape index (κ3) is 4.27. The van der Waals surface area contributed by atoms with Crippen molar-refractivity contribution in [3.63, 3.8) is 0 Å². The fourth-order valence-electron chi connectivity index (χ4n) is 4.89. The molecule has 1 aliphatic carbocycles. The number of aromatic nitrogens is 3. The van der Waals surface area contributed by atoms with Gasteiger partial charge in [-0.1, -0.05) is 19.3 Å². The summed E-state index contributed by atoms with van der Waals surface area (Å²) in [5.41, 5.74) is -0.264. The normalized spacial score (nSPS) is 21.7. The molecule has 4 rings (SSSR count). The van der Waals surface area contributed by atoms with Crippen molar-refractivity contribution in [2.45, 2.75) is 50.0 Å². The zero-order valence-electron chi connectivity index (χ0n) is 17.1. The Balaban J connectivity index is 1.45. The van der Waals surface area contributed by atoms with Crippen LogP contribution in [0.1, 0.15) is 38.5 Å². The molecule has 8 nitrogen and oxygen atoms in total. The van der Waals surface area contributed by atoms with Crippen molar-refractivity contribution in [2.24, 2.45) is 11.3 Å². The van der Waals surface area contributed by atoms with Gasteiger partial charge in [0, 0.05) is 51.0 Å². The number of pyridine rings is 1. The number of nitrogens with one attached hydrogen (secondary N) is 1. The summed E-state index contributed by atoms with van der Waals surface area (Å²) >= 11 is 0. The first-order valence-electron chi connectivity index (χ1n) is 10.7. The predicted octanol–water partition coefficient (Wildman–Crippen LogP) is 2.06. The Morgan fingerprint density at radius 3 is 2.73 bits per heavy atom. The maximum absolute atomic E-state index is 13.2. The number of sulfonamides is 1. The van der Waals surface area contributed by atoms with E-state index in [-0.39, 0.29) is 28.7 Å². The third-order valence-corrected chi connectivity index (χ3v) is 8.27. The summed E-state index contributed by atoms with van der Waals surface area (Å²) in [6.07, 6.45) is 12.4. The van der Waals surface area contributed by atoms with Crippen LogP contribution in [0.5, 0.6) is 0 Å². The maximum Gasteiger partial charge on any atom is 0.244 e. The van der Waals surface area contributed by atoms with Crippen molar-refractivity contribution >= 4 is 15.9 Å². The number of aryl methyl sites for hydroxylation is 1. The molecule has 1 saturated carbocycles. The minimum absolute atomic E-state index is 0.0266. The number of carbonyl (C=O) groups is 1. The second kappa shape index (κ2) is 8.85. The van der Waals surface area contributed by atoms with Gasteiger partial charge in [0.05, 0.1) is 5.92 Å². The van der Waals surface area contributed by atoms with Crippen LogP contribution in [0.3, 0.4) is 0 Å². The molecule has 1 N–H and O–H groups in total. The predicted molar refractivity (Wildman–Crippen MR) is 112 cm³/mol. The molecule has 2 aliphatic rings. The van der Waals surface area contributed by atoms with Gasteiger partial charge in [0.25, 0.3) is 0 Å². The highest BCUT2D eigenvalue weighted by atomic mass is 32.2. The Hall–Kier alpha value is -2.26. The molecular formula is C21H29N5O3S. The van der Waals surface area contributed by atoms with Crippen LogP contribution in [-0.4, -0.2) is 53.0 Å². The van der Waals surface area contributed by atoms with E-state index in [1.807, 2.05) is 16.9 Å². The smallest absolute Gasteiger partial charge is 0.244 e. The first kappa shape index (κ1) is 21.0. The van der Waals surface area contributed by atoms with Crippen molar-refractivity contribution < 1.29 is 13.2 Å². The first-order valence-corrected chi connectivity index (χ1v) is 12.1. The summed E-state index contributed by atoms with van der Waals surface area (Å²) in [6, 6.07) is 5.07. The van der Waals surface area contributed by atoms with E-state index in [9.17, 15) is 13.2 Å². The largest absolute Gasteiger partial charge is 0.356 e. The molecule has 0 radical (unpaired) electrons. The fourth-order valence-corrected chi connectivity index (χ4v) is 6.40. The Kier molecular flexibility index (Phi) is 6.19. The number of nitrogens with zero attached hydrogens (tertiary/aromatic N) is 4. The summed E-state index contributed by atoms with van der Waals surface area (Å²) in [5.74, 6) is -0.338. The van der Waals surface area contributed by atoms with E-state index in [0.717, 1.165) is 45.1 Å². The molecule has 9 heteroatoms. The van der Waals surface area contributed by atoms with Gasteiger partial charge >= 0.3 is 0 Å². The minimum atomic E-state index is -3.66. The van der Waals surface area contributed by atoms with Crippen LogP contribution in [0.25, 0.3) is 0 Å². The third-order valence-electron chi connectivity index (χ3n) is 6.48. The monoisotopic (exact) mass is 431 g/mol. The molecule has 1 atom stereocenters. The Bertz CT molecular complexity index is 940. The number of hydrogen-bond acceptors (Lipinski definition) is 5. The van der Waals surface area contributed by atoms with Crippen molar-refractivity contribution in [2.75, 3.05) is 19.6 Å². The zero-order chi connectivity index (χ0) is 21.0. The highest BCUT2D eigenvalue weighted by Gasteiger charge is 2.53. The lowest BCUT2D eigenvalue weighted by atomic mass is 9.67. The van der Waals surface area contributed by atoms with Gasteiger partial charge in [-0.15, -0.1) is 0 Å². The van der Waals surface area contributed by atoms with Crippen molar-refractivity contribution in [3.05, 3.63) is 43.0 Å². The molecule has 0 aromatic carbocycles. The molecule has 1 aliphatic heterocycles. The molecule has 1 amide bonds. The number of hydrogen-bond donors (Lipinski definition) is 1. The number of rotatable bonds is 7. The fraction of sp³-hybridized carbons (Fsp3) is 0.571. The van der Waals surface area contributed by atoms with E-state index in [1.165, 1.54) is 10.5 Å². The average molecular weight is 432 g/mol. The standard InChI is InChI=1S/C21H29N5O3S/c27-20(23-11-5-13-25-14-6-12-24-25)19-16-26(17-21(19)8-2-1-3-9-21)30(28,29)18-7-4-10-22-15-18/h4,6-7,10,12,14-15,19H,1-3,5,8-9,11,13,16-17H2,(H,23,27). The topological polar surface area (TPSA) is 97.2 Å². The summed E-state index contributed by atoms with van der Waals surface area (Å²) in [4.78, 5) is 17.3. The summed E-state index contributed by atoms with van der Waals surface area (Å²) in [5, 5.41) is 7.23. The molecule has 3 heterocycles. The van der Waals surface area contributed by atoms with E-state index in [1.54, 1.807) is 24.5 Å². The lowest BCUT2D eigenvalue weighted by molar-refractivity contribution is -0.128. The summed E-state index contributed by atoms with van der Waals surface area (Å²) in [7, 11) is -3.66. The van der Waals surface area contributed by atoms with E-state index >= 15 is 0 Å². The molecular weight excluding hydrogens is 402 g/mol. The highest BCUT2D eigenvalue weighted by Crippen LogP contribution is 2.48. The van der Waals surface area contributed by atoms with Crippen LogP contribution in [0.15, 0.2) is 47.9 Å². The van der Waals surface area contributed by atoms with Gasteiger partial charge in [0.2, 0.25) is 15.9 Å². The molecule has 1 unspecified atom stereocenters. The second-order valence-electron chi connectivity index (χ2n) is 8.38. The van der Waals surface area contributed by atoms with Crippen LogP contribution < -0.4 is 5.32 Å². The molecule has 2 fully saturated rings. The highest BCUT2D eigenvalue weighted by molar-refractivity contribution is 7.89. The van der Waals surface area contributed by atoms with Gasteiger partial charge in [-0.25, -0.2) is 8.42 Å². The van der Waals surface area contributed by atoms with Crippen LogP contribution in [-0.2, 0) is 21.4 Å². The van der Waals surface area contributed by atoms with Crippen molar-refractivity contribution in [3.8, 4) is 0 Å². The van der Waals surface area contributed by atoms with Crippen LogP contribution in [0, 0.1) is 11.3 Å². The van der Waals surface area contributed by atoms with Gasteiger partial charge in [-0.05, 0) is 42.9 Å². The van der Waals surface area contributed by atoms with E-state index in [0.29, 0.717) is 13.1 Å². The molecule has 0 bridgehead atoms. The van der Waals surface area contributed by atoms with Crippen molar-refractivity contribution in [1.29, 1.82) is 0 Å². The molecule has 2 aromatic rings. The number of carbonyl (C=O) groups excluding carboxylic acids is 1. The Morgan fingerprint density at radius 1 is 1.20 bits per heavy atom. The van der Waals surface area contributed by atoms with Gasteiger partial charge in [-0.2, -0.15) is 9.40 Å². The lowest BCUT2D eigenvalue weighted by Crippen LogP contribution is -2.42. The molecule has 2 aromatic heterocycles. The van der Waals surface area contributed by atoms with Crippen LogP contribution in [0.2, 0.25) is 0 Å². The molecule has 30 heavy (non-hydrogen) atoms. The lowest BCUT2D eigenvalue weighted by Gasteiger charge is -2.37. The van der Waals surface area contributed by atoms with Gasteiger partial charge < -0.3 is 5.32 Å². The van der Waals surface area contributed by atoms with Gasteiger partial charge in [-0.3, -0.25) is 14.5 Å². The van der Waals surface area contributed by atoms with Gasteiger partial charge in [0.15, 0.2) is 0 Å². The minimum Gasteiger partial charge on any atom is -0.356 e. The number of amides is 1. The maximum atomic E-state index is 13.2. The summed E-state index contributed by atoms with van der Waals surface area (Å²) in [6.45, 7) is 1.95. The van der Waals surface area contributed by atoms with Gasteiger partial charge in [0.1, 0.15) is 4.90 Å². The van der Waals surface area contributed by atoms with Crippen LogP contribution in [0.4, 0.5) is 0 Å². The zero-order valence-corrected chi connectivity index (χ0v) is 17.9. The quantitative estimate of drug-likeness (QED) is 0.677. The second-order valence-corrected chi connectivity index (χ2v) is 10.3. The molecule has 1 spiro atoms. The molecule has 162 valence electrons.